The van der Waals surface area contributed by atoms with Gasteiger partial charge in [-0.3, -0.25) is 19.3 Å². The fraction of sp³-hybridized carbons (Fsp3) is 0.333. The fourth-order valence-electron chi connectivity index (χ4n) is 5.08. The number of pyridine rings is 1. The van der Waals surface area contributed by atoms with Crippen molar-refractivity contribution in [2.45, 2.75) is 43.7 Å². The molecule has 3 heterocycles. The van der Waals surface area contributed by atoms with Gasteiger partial charge >= 0.3 is 0 Å². The minimum atomic E-state index is -2.81. The molecular formula is C24H21Cl2F2N5O2. The summed E-state index contributed by atoms with van der Waals surface area (Å²) in [4.78, 5) is 31.4. The standard InChI is InChI=1S/C24H21Cl2F2N5O2/c25-16-4-3-14(8-17(16)26)21-20(22(29)35)18-11-32(6-7-33(18)31-21)19(34)9-23(12-24(27,28)13-23)15-2-1-5-30-10-15/h1-5,8,10H,6-7,9,11-13H2,(H2,29,35). The molecule has 0 bridgehead atoms. The second kappa shape index (κ2) is 8.57. The molecule has 2 aliphatic rings. The van der Waals surface area contributed by atoms with Crippen LogP contribution in [0.4, 0.5) is 8.78 Å². The van der Waals surface area contributed by atoms with Crippen molar-refractivity contribution in [3.05, 3.63) is 69.6 Å². The Balaban J connectivity index is 1.43. The number of nitrogens with zero attached hydrogens (tertiary/aromatic N) is 4. The van der Waals surface area contributed by atoms with Gasteiger partial charge in [-0.25, -0.2) is 8.78 Å². The van der Waals surface area contributed by atoms with E-state index in [9.17, 15) is 18.4 Å². The molecule has 0 atom stereocenters. The summed E-state index contributed by atoms with van der Waals surface area (Å²) in [7, 11) is 0. The van der Waals surface area contributed by atoms with E-state index in [-0.39, 0.29) is 24.4 Å². The topological polar surface area (TPSA) is 94.1 Å². The van der Waals surface area contributed by atoms with Crippen LogP contribution in [0.3, 0.4) is 0 Å². The first-order chi connectivity index (χ1) is 16.6. The summed E-state index contributed by atoms with van der Waals surface area (Å²) in [6, 6.07) is 8.30. The summed E-state index contributed by atoms with van der Waals surface area (Å²) in [6.07, 6.45) is 2.23. The number of carbonyl (C=O) groups is 2. The highest BCUT2D eigenvalue weighted by Crippen LogP contribution is 2.55. The summed E-state index contributed by atoms with van der Waals surface area (Å²) >= 11 is 12.2. The monoisotopic (exact) mass is 519 g/mol. The number of halogens is 4. The number of amides is 2. The van der Waals surface area contributed by atoms with E-state index in [0.717, 1.165) is 0 Å². The Morgan fingerprint density at radius 1 is 1.11 bits per heavy atom. The van der Waals surface area contributed by atoms with Crippen molar-refractivity contribution in [1.29, 1.82) is 0 Å². The fourth-order valence-corrected chi connectivity index (χ4v) is 5.38. The third-order valence-corrected chi connectivity index (χ3v) is 7.47. The number of fused-ring (bicyclic) bond motifs is 1. The molecule has 1 aliphatic heterocycles. The predicted octanol–water partition coefficient (Wildman–Crippen LogP) is 4.45. The molecule has 0 spiro atoms. The minimum absolute atomic E-state index is 0.0754. The molecular weight excluding hydrogens is 499 g/mol. The van der Waals surface area contributed by atoms with Gasteiger partial charge in [0.1, 0.15) is 5.69 Å². The van der Waals surface area contributed by atoms with E-state index in [0.29, 0.717) is 45.6 Å². The predicted molar refractivity (Wildman–Crippen MR) is 126 cm³/mol. The van der Waals surface area contributed by atoms with Crippen LogP contribution in [-0.2, 0) is 23.3 Å². The van der Waals surface area contributed by atoms with Crippen LogP contribution >= 0.6 is 23.2 Å². The van der Waals surface area contributed by atoms with Gasteiger partial charge in [0.2, 0.25) is 11.8 Å². The van der Waals surface area contributed by atoms with E-state index in [1.54, 1.807) is 52.3 Å². The van der Waals surface area contributed by atoms with E-state index >= 15 is 0 Å². The normalized spacial score (nSPS) is 18.0. The molecule has 1 aliphatic carbocycles. The number of hydrogen-bond acceptors (Lipinski definition) is 4. The molecule has 1 saturated carbocycles. The molecule has 182 valence electrons. The second-order valence-electron chi connectivity index (χ2n) is 9.11. The van der Waals surface area contributed by atoms with Crippen molar-refractivity contribution in [3.63, 3.8) is 0 Å². The number of nitrogens with two attached hydrogens (primary N) is 1. The third-order valence-electron chi connectivity index (χ3n) is 6.73. The number of alkyl halides is 2. The summed E-state index contributed by atoms with van der Waals surface area (Å²) < 4.78 is 29.5. The van der Waals surface area contributed by atoms with Crippen LogP contribution in [0.2, 0.25) is 10.0 Å². The number of primary amides is 1. The highest BCUT2D eigenvalue weighted by molar-refractivity contribution is 6.42. The Morgan fingerprint density at radius 3 is 2.51 bits per heavy atom. The van der Waals surface area contributed by atoms with Crippen molar-refractivity contribution >= 4 is 35.0 Å². The van der Waals surface area contributed by atoms with E-state index < -0.39 is 30.1 Å². The lowest BCUT2D eigenvalue weighted by atomic mass is 9.60. The molecule has 2 N–H and O–H groups in total. The smallest absolute Gasteiger partial charge is 0.252 e. The van der Waals surface area contributed by atoms with Crippen LogP contribution in [0.5, 0.6) is 0 Å². The summed E-state index contributed by atoms with van der Waals surface area (Å²) in [6.45, 7) is 0.746. The molecule has 7 nitrogen and oxygen atoms in total. The molecule has 0 unspecified atom stereocenters. The van der Waals surface area contributed by atoms with Crippen LogP contribution in [0.25, 0.3) is 11.3 Å². The number of benzene rings is 1. The molecule has 11 heteroatoms. The van der Waals surface area contributed by atoms with Gasteiger partial charge in [0.25, 0.3) is 5.91 Å². The van der Waals surface area contributed by atoms with Gasteiger partial charge in [-0.2, -0.15) is 5.10 Å². The van der Waals surface area contributed by atoms with Crippen molar-refractivity contribution in [3.8, 4) is 11.3 Å². The maximum Gasteiger partial charge on any atom is 0.252 e. The lowest BCUT2D eigenvalue weighted by Crippen LogP contribution is -2.52. The number of rotatable bonds is 5. The Bertz CT molecular complexity index is 1320. The first kappa shape index (κ1) is 23.7. The van der Waals surface area contributed by atoms with Gasteiger partial charge in [-0.15, -0.1) is 0 Å². The van der Waals surface area contributed by atoms with Gasteiger partial charge in [0.15, 0.2) is 0 Å². The third kappa shape index (κ3) is 4.27. The molecule has 0 saturated heterocycles. The van der Waals surface area contributed by atoms with Gasteiger partial charge in [0.05, 0.1) is 34.4 Å². The van der Waals surface area contributed by atoms with E-state index in [4.69, 9.17) is 28.9 Å². The van der Waals surface area contributed by atoms with Crippen LogP contribution in [0, 0.1) is 0 Å². The van der Waals surface area contributed by atoms with Crippen molar-refractivity contribution in [2.75, 3.05) is 6.54 Å². The number of aromatic nitrogens is 3. The zero-order chi connectivity index (χ0) is 25.0. The molecule has 5 rings (SSSR count). The lowest BCUT2D eigenvalue weighted by molar-refractivity contribution is -0.150. The van der Waals surface area contributed by atoms with Gasteiger partial charge in [-0.05, 0) is 23.8 Å². The zero-order valence-electron chi connectivity index (χ0n) is 18.5. The highest BCUT2D eigenvalue weighted by Gasteiger charge is 2.58. The second-order valence-corrected chi connectivity index (χ2v) is 9.92. The van der Waals surface area contributed by atoms with Crippen molar-refractivity contribution < 1.29 is 18.4 Å². The first-order valence-electron chi connectivity index (χ1n) is 11.0. The van der Waals surface area contributed by atoms with Crippen LogP contribution in [0.15, 0.2) is 42.7 Å². The van der Waals surface area contributed by atoms with E-state index in [1.165, 1.54) is 0 Å². The van der Waals surface area contributed by atoms with E-state index in [1.807, 2.05) is 0 Å². The largest absolute Gasteiger partial charge is 0.365 e. The number of hydrogen-bond donors (Lipinski definition) is 1. The summed E-state index contributed by atoms with van der Waals surface area (Å²) in [5.41, 5.74) is 6.97. The average Bonchev–Trinajstić information content (AvgIpc) is 3.19. The van der Waals surface area contributed by atoms with Crippen LogP contribution in [0.1, 0.15) is 40.9 Å². The summed E-state index contributed by atoms with van der Waals surface area (Å²) in [5, 5.41) is 5.21. The maximum absolute atomic E-state index is 13.9. The van der Waals surface area contributed by atoms with Gasteiger partial charge in [-0.1, -0.05) is 35.3 Å². The molecule has 1 aromatic carbocycles. The van der Waals surface area contributed by atoms with Crippen molar-refractivity contribution in [1.82, 2.24) is 19.7 Å². The van der Waals surface area contributed by atoms with Crippen LogP contribution < -0.4 is 5.73 Å². The molecule has 2 amide bonds. The summed E-state index contributed by atoms with van der Waals surface area (Å²) in [5.74, 6) is -3.78. The van der Waals surface area contributed by atoms with E-state index in [2.05, 4.69) is 10.1 Å². The highest BCUT2D eigenvalue weighted by atomic mass is 35.5. The molecule has 35 heavy (non-hydrogen) atoms. The van der Waals surface area contributed by atoms with Gasteiger partial charge < -0.3 is 10.6 Å². The SMILES string of the molecule is NC(=O)c1c(-c2ccc(Cl)c(Cl)c2)nn2c1CN(C(=O)CC1(c3cccnc3)CC(F)(F)C1)CC2. The van der Waals surface area contributed by atoms with Crippen molar-refractivity contribution in [2.24, 2.45) is 5.73 Å². The zero-order valence-corrected chi connectivity index (χ0v) is 20.0. The molecule has 2 aromatic heterocycles. The van der Waals surface area contributed by atoms with Gasteiger partial charge in [0, 0.05) is 49.2 Å². The number of carbonyl (C=O) groups excluding carboxylic acids is 2. The Kier molecular flexibility index (Phi) is 5.80. The molecule has 0 radical (unpaired) electrons. The lowest BCUT2D eigenvalue weighted by Gasteiger charge is -2.48. The average molecular weight is 520 g/mol. The first-order valence-corrected chi connectivity index (χ1v) is 11.8. The Hall–Kier alpha value is -3.04. The maximum atomic E-state index is 13.9. The molecule has 3 aromatic rings. The quantitative estimate of drug-likeness (QED) is 0.538. The Morgan fingerprint density at radius 2 is 1.89 bits per heavy atom. The van der Waals surface area contributed by atoms with Crippen LogP contribution in [-0.4, -0.2) is 43.9 Å². The molecule has 1 fully saturated rings. The Labute approximate surface area is 209 Å². The minimum Gasteiger partial charge on any atom is -0.365 e.